The maximum absolute atomic E-state index is 11.4. The summed E-state index contributed by atoms with van der Waals surface area (Å²) in [6, 6.07) is 7.44. The number of amidine groups is 1. The summed E-state index contributed by atoms with van der Waals surface area (Å²) in [6.07, 6.45) is 2.51. The number of nitrogen functional groups attached to an aromatic ring is 1. The zero-order valence-corrected chi connectivity index (χ0v) is 11.4. The fourth-order valence-corrected chi connectivity index (χ4v) is 2.07. The van der Waals surface area contributed by atoms with Crippen molar-refractivity contribution in [2.24, 2.45) is 5.73 Å². The van der Waals surface area contributed by atoms with Crippen molar-refractivity contribution in [2.75, 3.05) is 6.26 Å². The molecule has 2 aromatic rings. The molecule has 0 aliphatic heterocycles. The Bertz CT molecular complexity index is 759. The standard InChI is InChI=1S/C12H12N4O3S/c1-20(17,18)9-4-2-3-8(7-9)19-12-15-6-5-10(16-12)11(13)14/h2-7H,1H3,(H3,13,14). The molecule has 0 spiro atoms. The number of rotatable bonds is 4. The molecule has 0 aliphatic rings. The maximum Gasteiger partial charge on any atom is 0.322 e. The van der Waals surface area contributed by atoms with Gasteiger partial charge in [0.15, 0.2) is 9.84 Å². The molecule has 0 fully saturated rings. The van der Waals surface area contributed by atoms with Crippen molar-refractivity contribution in [3.05, 3.63) is 42.2 Å². The van der Waals surface area contributed by atoms with Crippen molar-refractivity contribution >= 4 is 15.7 Å². The van der Waals surface area contributed by atoms with Crippen molar-refractivity contribution in [2.45, 2.75) is 4.90 Å². The van der Waals surface area contributed by atoms with Gasteiger partial charge in [0.25, 0.3) is 0 Å². The van der Waals surface area contributed by atoms with Gasteiger partial charge in [0.05, 0.1) is 4.90 Å². The number of ether oxygens (including phenoxy) is 1. The van der Waals surface area contributed by atoms with E-state index in [9.17, 15) is 8.42 Å². The zero-order valence-electron chi connectivity index (χ0n) is 10.6. The van der Waals surface area contributed by atoms with Crippen LogP contribution in [0.25, 0.3) is 0 Å². The predicted molar refractivity (Wildman–Crippen MR) is 72.7 cm³/mol. The van der Waals surface area contributed by atoms with Gasteiger partial charge in [-0.15, -0.1) is 0 Å². The maximum atomic E-state index is 11.4. The van der Waals surface area contributed by atoms with Gasteiger partial charge in [-0.1, -0.05) is 6.07 Å². The Kier molecular flexibility index (Phi) is 3.66. The van der Waals surface area contributed by atoms with E-state index >= 15 is 0 Å². The normalized spacial score (nSPS) is 11.1. The molecule has 0 saturated carbocycles. The highest BCUT2D eigenvalue weighted by atomic mass is 32.2. The molecule has 0 radical (unpaired) electrons. The average Bonchev–Trinajstić information content (AvgIpc) is 2.38. The number of hydrogen-bond acceptors (Lipinski definition) is 6. The fourth-order valence-electron chi connectivity index (χ4n) is 1.41. The van der Waals surface area contributed by atoms with E-state index in [1.54, 1.807) is 12.1 Å². The smallest absolute Gasteiger partial charge is 0.322 e. The van der Waals surface area contributed by atoms with Crippen LogP contribution >= 0.6 is 0 Å². The molecule has 0 aliphatic carbocycles. The lowest BCUT2D eigenvalue weighted by Gasteiger charge is -2.06. The van der Waals surface area contributed by atoms with Crippen LogP contribution in [0, 0.1) is 5.41 Å². The van der Waals surface area contributed by atoms with Gasteiger partial charge in [0.2, 0.25) is 0 Å². The zero-order chi connectivity index (χ0) is 14.8. The molecule has 2 rings (SSSR count). The van der Waals surface area contributed by atoms with Crippen molar-refractivity contribution in [3.63, 3.8) is 0 Å². The Labute approximate surface area is 115 Å². The van der Waals surface area contributed by atoms with Gasteiger partial charge in [-0.25, -0.2) is 13.4 Å². The monoisotopic (exact) mass is 292 g/mol. The summed E-state index contributed by atoms with van der Waals surface area (Å²) in [5, 5.41) is 7.28. The van der Waals surface area contributed by atoms with Crippen LogP contribution in [0.4, 0.5) is 0 Å². The molecular formula is C12H12N4O3S. The van der Waals surface area contributed by atoms with E-state index < -0.39 is 9.84 Å². The third-order valence-corrected chi connectivity index (χ3v) is 3.46. The average molecular weight is 292 g/mol. The first-order valence-electron chi connectivity index (χ1n) is 5.52. The minimum absolute atomic E-state index is 0.0108. The van der Waals surface area contributed by atoms with E-state index in [1.807, 2.05) is 0 Å². The van der Waals surface area contributed by atoms with Gasteiger partial charge in [0, 0.05) is 12.5 Å². The van der Waals surface area contributed by atoms with Gasteiger partial charge in [-0.3, -0.25) is 5.41 Å². The number of aromatic nitrogens is 2. The van der Waals surface area contributed by atoms with Gasteiger partial charge in [-0.2, -0.15) is 4.98 Å². The Morgan fingerprint density at radius 1 is 1.35 bits per heavy atom. The molecule has 0 atom stereocenters. The van der Waals surface area contributed by atoms with Crippen LogP contribution in [0.2, 0.25) is 0 Å². The molecule has 3 N–H and O–H groups in total. The second kappa shape index (κ2) is 5.25. The quantitative estimate of drug-likeness (QED) is 0.639. The summed E-state index contributed by atoms with van der Waals surface area (Å²) in [5.41, 5.74) is 5.55. The fraction of sp³-hybridized carbons (Fsp3) is 0.0833. The van der Waals surface area contributed by atoms with E-state index in [4.69, 9.17) is 15.9 Å². The third-order valence-electron chi connectivity index (χ3n) is 2.35. The Hall–Kier alpha value is -2.48. The molecule has 8 heteroatoms. The second-order valence-electron chi connectivity index (χ2n) is 3.99. The number of sulfone groups is 1. The molecule has 1 aromatic heterocycles. The summed E-state index contributed by atoms with van der Waals surface area (Å²) in [4.78, 5) is 7.94. The molecule has 104 valence electrons. The molecule has 0 bridgehead atoms. The van der Waals surface area contributed by atoms with Crippen LogP contribution in [0.5, 0.6) is 11.8 Å². The number of nitrogens with zero attached hydrogens (tertiary/aromatic N) is 2. The third kappa shape index (κ3) is 3.29. The van der Waals surface area contributed by atoms with Gasteiger partial charge in [0.1, 0.15) is 17.3 Å². The van der Waals surface area contributed by atoms with E-state index in [0.29, 0.717) is 0 Å². The number of hydrogen-bond donors (Lipinski definition) is 2. The molecule has 0 saturated heterocycles. The van der Waals surface area contributed by atoms with Crippen LogP contribution in [0.15, 0.2) is 41.4 Å². The van der Waals surface area contributed by atoms with E-state index in [0.717, 1.165) is 6.26 Å². The van der Waals surface area contributed by atoms with Crippen LogP contribution < -0.4 is 10.5 Å². The lowest BCUT2D eigenvalue weighted by atomic mass is 10.3. The molecule has 1 aromatic carbocycles. The van der Waals surface area contributed by atoms with Gasteiger partial charge in [-0.05, 0) is 24.3 Å². The highest BCUT2D eigenvalue weighted by Gasteiger charge is 2.09. The summed E-state index contributed by atoms with van der Waals surface area (Å²) >= 11 is 0. The van der Waals surface area contributed by atoms with Crippen molar-refractivity contribution in [1.29, 1.82) is 5.41 Å². The van der Waals surface area contributed by atoms with Gasteiger partial charge < -0.3 is 10.5 Å². The Morgan fingerprint density at radius 3 is 2.75 bits per heavy atom. The Balaban J connectivity index is 2.31. The summed E-state index contributed by atoms with van der Waals surface area (Å²) in [6.45, 7) is 0. The van der Waals surface area contributed by atoms with E-state index in [-0.39, 0.29) is 28.2 Å². The first kappa shape index (κ1) is 13.9. The lowest BCUT2D eigenvalue weighted by Crippen LogP contribution is -2.13. The lowest BCUT2D eigenvalue weighted by molar-refractivity contribution is 0.440. The molecule has 20 heavy (non-hydrogen) atoms. The van der Waals surface area contributed by atoms with Crippen LogP contribution in [-0.2, 0) is 9.84 Å². The highest BCUT2D eigenvalue weighted by molar-refractivity contribution is 7.90. The minimum Gasteiger partial charge on any atom is -0.424 e. The molecule has 0 unspecified atom stereocenters. The summed E-state index contributed by atoms with van der Waals surface area (Å²) in [5.74, 6) is 0.0794. The number of benzene rings is 1. The molecule has 0 amide bonds. The minimum atomic E-state index is -3.31. The topological polar surface area (TPSA) is 119 Å². The molecule has 7 nitrogen and oxygen atoms in total. The summed E-state index contributed by atoms with van der Waals surface area (Å²) in [7, 11) is -3.31. The van der Waals surface area contributed by atoms with Gasteiger partial charge >= 0.3 is 6.01 Å². The predicted octanol–water partition coefficient (Wildman–Crippen LogP) is 0.956. The van der Waals surface area contributed by atoms with E-state index in [2.05, 4.69) is 9.97 Å². The largest absolute Gasteiger partial charge is 0.424 e. The van der Waals surface area contributed by atoms with Crippen molar-refractivity contribution < 1.29 is 13.2 Å². The van der Waals surface area contributed by atoms with Crippen molar-refractivity contribution in [1.82, 2.24) is 9.97 Å². The highest BCUT2D eigenvalue weighted by Crippen LogP contribution is 2.21. The number of nitrogens with two attached hydrogens (primary N) is 1. The van der Waals surface area contributed by atoms with Crippen LogP contribution in [-0.4, -0.2) is 30.5 Å². The number of nitrogens with one attached hydrogen (secondary N) is 1. The second-order valence-corrected chi connectivity index (χ2v) is 6.00. The Morgan fingerprint density at radius 2 is 2.10 bits per heavy atom. The first-order valence-corrected chi connectivity index (χ1v) is 7.41. The summed E-state index contributed by atoms with van der Waals surface area (Å²) < 4.78 is 28.3. The van der Waals surface area contributed by atoms with E-state index in [1.165, 1.54) is 24.4 Å². The molecular weight excluding hydrogens is 280 g/mol. The van der Waals surface area contributed by atoms with Crippen molar-refractivity contribution in [3.8, 4) is 11.8 Å². The first-order chi connectivity index (χ1) is 9.36. The van der Waals surface area contributed by atoms with Crippen LogP contribution in [0.3, 0.4) is 0 Å². The van der Waals surface area contributed by atoms with Crippen LogP contribution in [0.1, 0.15) is 5.69 Å². The SMILES string of the molecule is CS(=O)(=O)c1cccc(Oc2nccc(C(=N)N)n2)c1. The molecule has 1 heterocycles.